The number of aromatic nitrogens is 2. The van der Waals surface area contributed by atoms with Crippen LogP contribution in [0.2, 0.25) is 0 Å². The predicted octanol–water partition coefficient (Wildman–Crippen LogP) is 2.96. The highest BCUT2D eigenvalue weighted by Crippen LogP contribution is 2.32. The van der Waals surface area contributed by atoms with Gasteiger partial charge in [0, 0.05) is 12.2 Å². The first kappa shape index (κ1) is 11.5. The van der Waals surface area contributed by atoms with E-state index in [9.17, 15) is 0 Å². The summed E-state index contributed by atoms with van der Waals surface area (Å²) in [6.45, 7) is 2.90. The number of para-hydroxylation sites is 1. The molecule has 1 aromatic heterocycles. The van der Waals surface area contributed by atoms with Crippen LogP contribution < -0.4 is 10.6 Å². The minimum atomic E-state index is 0.573. The number of fused-ring (bicyclic) bond motifs is 1. The molecule has 2 N–H and O–H groups in total. The molecule has 0 atom stereocenters. The Morgan fingerprint density at radius 1 is 1.05 bits per heavy atom. The van der Waals surface area contributed by atoms with Crippen LogP contribution in [0.25, 0.3) is 11.0 Å². The quantitative estimate of drug-likeness (QED) is 0.728. The maximum Gasteiger partial charge on any atom is 0.160 e. The molecule has 0 aliphatic rings. The molecule has 0 aliphatic heterocycles. The summed E-state index contributed by atoms with van der Waals surface area (Å²) < 4.78 is 4.81. The highest BCUT2D eigenvalue weighted by atomic mass is 16.6. The number of nitrogens with two attached hydrogens (primary N) is 1. The maximum absolute atomic E-state index is 5.87. The molecule has 0 aliphatic carbocycles. The minimum absolute atomic E-state index is 0.573. The first-order valence-corrected chi connectivity index (χ1v) is 6.14. The summed E-state index contributed by atoms with van der Waals surface area (Å²) in [6.07, 6.45) is 0. The van der Waals surface area contributed by atoms with Crippen LogP contribution in [0.1, 0.15) is 6.92 Å². The Morgan fingerprint density at radius 3 is 2.53 bits per heavy atom. The van der Waals surface area contributed by atoms with Crippen LogP contribution in [-0.2, 0) is 0 Å². The molecule has 5 nitrogen and oxygen atoms in total. The van der Waals surface area contributed by atoms with E-state index in [1.54, 1.807) is 0 Å². The molecule has 0 bridgehead atoms. The Bertz CT molecular complexity index is 693. The second-order valence-corrected chi connectivity index (χ2v) is 4.22. The second-order valence-electron chi connectivity index (χ2n) is 4.22. The van der Waals surface area contributed by atoms with Crippen molar-refractivity contribution >= 4 is 28.1 Å². The van der Waals surface area contributed by atoms with Gasteiger partial charge in [-0.15, -0.1) is 0 Å². The second kappa shape index (κ2) is 4.61. The smallest absolute Gasteiger partial charge is 0.160 e. The molecule has 0 saturated carbocycles. The Hall–Kier alpha value is -2.56. The van der Waals surface area contributed by atoms with Crippen LogP contribution in [0.4, 0.5) is 17.1 Å². The molecule has 0 unspecified atom stereocenters. The molecule has 3 rings (SSSR count). The average molecular weight is 254 g/mol. The van der Waals surface area contributed by atoms with Crippen molar-refractivity contribution in [2.45, 2.75) is 6.92 Å². The number of hydrogen-bond donors (Lipinski definition) is 1. The van der Waals surface area contributed by atoms with E-state index in [1.165, 1.54) is 0 Å². The molecule has 0 saturated heterocycles. The molecule has 19 heavy (non-hydrogen) atoms. The van der Waals surface area contributed by atoms with Crippen molar-refractivity contribution in [3.8, 4) is 0 Å². The molecular formula is C14H14N4O. The number of rotatable bonds is 3. The van der Waals surface area contributed by atoms with Gasteiger partial charge in [0.2, 0.25) is 0 Å². The van der Waals surface area contributed by atoms with Gasteiger partial charge in [0.05, 0.1) is 11.4 Å². The molecule has 3 aromatic rings. The minimum Gasteiger partial charge on any atom is -0.397 e. The lowest BCUT2D eigenvalue weighted by Crippen LogP contribution is -2.16. The van der Waals surface area contributed by atoms with E-state index in [4.69, 9.17) is 10.4 Å². The van der Waals surface area contributed by atoms with Crippen molar-refractivity contribution in [2.75, 3.05) is 17.2 Å². The summed E-state index contributed by atoms with van der Waals surface area (Å²) in [7, 11) is 0. The average Bonchev–Trinajstić information content (AvgIpc) is 2.94. The van der Waals surface area contributed by atoms with Gasteiger partial charge in [0.1, 0.15) is 0 Å². The summed E-state index contributed by atoms with van der Waals surface area (Å²) in [4.78, 5) is 2.14. The highest BCUT2D eigenvalue weighted by molar-refractivity contribution is 5.96. The summed E-state index contributed by atoms with van der Waals surface area (Å²) in [6, 6.07) is 13.9. The molecule has 0 spiro atoms. The van der Waals surface area contributed by atoms with Crippen molar-refractivity contribution in [2.24, 2.45) is 0 Å². The normalized spacial score (nSPS) is 10.8. The van der Waals surface area contributed by atoms with Gasteiger partial charge in [0.15, 0.2) is 11.0 Å². The van der Waals surface area contributed by atoms with Gasteiger partial charge >= 0.3 is 0 Å². The number of hydrogen-bond acceptors (Lipinski definition) is 5. The van der Waals surface area contributed by atoms with E-state index in [1.807, 2.05) is 30.3 Å². The number of nitrogens with zero attached hydrogens (tertiary/aromatic N) is 3. The Balaban J connectivity index is 2.17. The lowest BCUT2D eigenvalue weighted by Gasteiger charge is -2.23. The Morgan fingerprint density at radius 2 is 1.79 bits per heavy atom. The molecule has 5 heteroatoms. The lowest BCUT2D eigenvalue weighted by atomic mass is 10.2. The van der Waals surface area contributed by atoms with Crippen molar-refractivity contribution < 1.29 is 4.63 Å². The first-order chi connectivity index (χ1) is 9.31. The van der Waals surface area contributed by atoms with Crippen molar-refractivity contribution in [3.05, 3.63) is 42.5 Å². The summed E-state index contributed by atoms with van der Waals surface area (Å²) in [5, 5.41) is 7.82. The zero-order valence-corrected chi connectivity index (χ0v) is 10.6. The lowest BCUT2D eigenvalue weighted by molar-refractivity contribution is 0.315. The van der Waals surface area contributed by atoms with E-state index in [-0.39, 0.29) is 0 Å². The van der Waals surface area contributed by atoms with E-state index < -0.39 is 0 Å². The molecule has 1 heterocycles. The van der Waals surface area contributed by atoms with Gasteiger partial charge in [-0.05, 0) is 41.5 Å². The van der Waals surface area contributed by atoms with Crippen molar-refractivity contribution in [1.82, 2.24) is 10.3 Å². The third kappa shape index (κ3) is 1.89. The molecule has 0 radical (unpaired) electrons. The Kier molecular flexibility index (Phi) is 2.79. The van der Waals surface area contributed by atoms with Crippen LogP contribution in [-0.4, -0.2) is 16.9 Å². The van der Waals surface area contributed by atoms with E-state index in [2.05, 4.69) is 34.3 Å². The summed E-state index contributed by atoms with van der Waals surface area (Å²) in [5.74, 6) is 0. The van der Waals surface area contributed by atoms with Gasteiger partial charge < -0.3 is 10.6 Å². The number of anilines is 3. The largest absolute Gasteiger partial charge is 0.397 e. The van der Waals surface area contributed by atoms with Crippen LogP contribution in [0.3, 0.4) is 0 Å². The number of benzene rings is 2. The SMILES string of the molecule is CCN(c1ccccc1)c1ccc(N)c2nonc12. The summed E-state index contributed by atoms with van der Waals surface area (Å²) in [5.41, 5.74) is 9.77. The summed E-state index contributed by atoms with van der Waals surface area (Å²) >= 11 is 0. The van der Waals surface area contributed by atoms with Gasteiger partial charge in [-0.1, -0.05) is 18.2 Å². The number of nitrogen functional groups attached to an aromatic ring is 1. The zero-order chi connectivity index (χ0) is 13.2. The third-order valence-electron chi connectivity index (χ3n) is 3.10. The van der Waals surface area contributed by atoms with E-state index in [0.29, 0.717) is 16.7 Å². The fourth-order valence-electron chi connectivity index (χ4n) is 2.19. The maximum atomic E-state index is 5.87. The Labute approximate surface area is 110 Å². The third-order valence-corrected chi connectivity index (χ3v) is 3.10. The fourth-order valence-corrected chi connectivity index (χ4v) is 2.19. The predicted molar refractivity (Wildman–Crippen MR) is 75.3 cm³/mol. The van der Waals surface area contributed by atoms with Crippen molar-refractivity contribution in [1.29, 1.82) is 0 Å². The van der Waals surface area contributed by atoms with E-state index >= 15 is 0 Å². The van der Waals surface area contributed by atoms with Crippen LogP contribution in [0.5, 0.6) is 0 Å². The van der Waals surface area contributed by atoms with Gasteiger partial charge in [-0.2, -0.15) is 0 Å². The highest BCUT2D eigenvalue weighted by Gasteiger charge is 2.15. The van der Waals surface area contributed by atoms with Gasteiger partial charge in [0.25, 0.3) is 0 Å². The standard InChI is InChI=1S/C14H14N4O/c1-2-18(10-6-4-3-5-7-10)12-9-8-11(15)13-14(12)17-19-16-13/h3-9H,2,15H2,1H3. The molecular weight excluding hydrogens is 240 g/mol. The molecule has 0 fully saturated rings. The zero-order valence-electron chi connectivity index (χ0n) is 10.6. The fraction of sp³-hybridized carbons (Fsp3) is 0.143. The van der Waals surface area contributed by atoms with Crippen molar-refractivity contribution in [3.63, 3.8) is 0 Å². The monoisotopic (exact) mass is 254 g/mol. The first-order valence-electron chi connectivity index (χ1n) is 6.14. The van der Waals surface area contributed by atoms with Crippen LogP contribution in [0, 0.1) is 0 Å². The molecule has 2 aromatic carbocycles. The van der Waals surface area contributed by atoms with Gasteiger partial charge in [-0.3, -0.25) is 0 Å². The molecule has 96 valence electrons. The van der Waals surface area contributed by atoms with Crippen LogP contribution in [0.15, 0.2) is 47.1 Å². The van der Waals surface area contributed by atoms with E-state index in [0.717, 1.165) is 17.9 Å². The topological polar surface area (TPSA) is 68.2 Å². The molecule has 0 amide bonds. The van der Waals surface area contributed by atoms with Crippen LogP contribution >= 0.6 is 0 Å². The van der Waals surface area contributed by atoms with Gasteiger partial charge in [-0.25, -0.2) is 4.63 Å².